The zero-order valence-electron chi connectivity index (χ0n) is 11.1. The van der Waals surface area contributed by atoms with Crippen LogP contribution in [0.15, 0.2) is 22.7 Å². The SMILES string of the molecule is CNC1CC2CCC(C1)N2c1cc(Br)ccc1C#N. The molecule has 2 atom stereocenters. The molecule has 19 heavy (non-hydrogen) atoms. The summed E-state index contributed by atoms with van der Waals surface area (Å²) in [6.45, 7) is 0. The molecule has 0 radical (unpaired) electrons. The van der Waals surface area contributed by atoms with Crippen molar-refractivity contribution in [3.05, 3.63) is 28.2 Å². The van der Waals surface area contributed by atoms with Crippen molar-refractivity contribution in [1.82, 2.24) is 5.32 Å². The van der Waals surface area contributed by atoms with Gasteiger partial charge in [0.2, 0.25) is 0 Å². The Balaban J connectivity index is 1.96. The third-order valence-corrected chi connectivity index (χ3v) is 4.99. The third-order valence-electron chi connectivity index (χ3n) is 4.50. The summed E-state index contributed by atoms with van der Waals surface area (Å²) in [6, 6.07) is 10.1. The molecule has 1 N–H and O–H groups in total. The van der Waals surface area contributed by atoms with Gasteiger partial charge in [-0.05, 0) is 50.9 Å². The number of nitriles is 1. The van der Waals surface area contributed by atoms with Crippen LogP contribution in [0.3, 0.4) is 0 Å². The van der Waals surface area contributed by atoms with Crippen LogP contribution in [0, 0.1) is 11.3 Å². The first-order valence-electron chi connectivity index (χ1n) is 6.88. The van der Waals surface area contributed by atoms with Gasteiger partial charge in [-0.3, -0.25) is 0 Å². The number of fused-ring (bicyclic) bond motifs is 2. The number of nitrogens with zero attached hydrogens (tertiary/aromatic N) is 2. The van der Waals surface area contributed by atoms with Crippen molar-refractivity contribution < 1.29 is 0 Å². The second-order valence-electron chi connectivity index (χ2n) is 5.52. The van der Waals surface area contributed by atoms with E-state index < -0.39 is 0 Å². The van der Waals surface area contributed by atoms with E-state index >= 15 is 0 Å². The Morgan fingerprint density at radius 3 is 2.58 bits per heavy atom. The van der Waals surface area contributed by atoms with E-state index in [4.69, 9.17) is 0 Å². The highest BCUT2D eigenvalue weighted by Gasteiger charge is 2.41. The maximum atomic E-state index is 9.33. The van der Waals surface area contributed by atoms with Crippen molar-refractivity contribution in [3.63, 3.8) is 0 Å². The molecule has 1 aromatic rings. The molecule has 2 fully saturated rings. The molecule has 2 saturated heterocycles. The molecular weight excluding hydrogens is 302 g/mol. The van der Waals surface area contributed by atoms with Crippen LogP contribution < -0.4 is 10.2 Å². The van der Waals surface area contributed by atoms with Gasteiger partial charge in [0.05, 0.1) is 11.3 Å². The summed E-state index contributed by atoms with van der Waals surface area (Å²) in [5.41, 5.74) is 1.90. The van der Waals surface area contributed by atoms with Crippen LogP contribution in [0.1, 0.15) is 31.2 Å². The summed E-state index contributed by atoms with van der Waals surface area (Å²) < 4.78 is 1.05. The van der Waals surface area contributed by atoms with Gasteiger partial charge in [-0.15, -0.1) is 0 Å². The van der Waals surface area contributed by atoms with Crippen LogP contribution in [0.4, 0.5) is 5.69 Å². The fraction of sp³-hybridized carbons (Fsp3) is 0.533. The first-order chi connectivity index (χ1) is 9.22. The molecule has 0 aromatic heterocycles. The second kappa shape index (κ2) is 5.15. The van der Waals surface area contributed by atoms with Crippen LogP contribution >= 0.6 is 15.9 Å². The molecule has 3 nitrogen and oxygen atoms in total. The van der Waals surface area contributed by atoms with Gasteiger partial charge in [0.15, 0.2) is 0 Å². The number of hydrogen-bond donors (Lipinski definition) is 1. The number of anilines is 1. The summed E-state index contributed by atoms with van der Waals surface area (Å²) in [5, 5.41) is 12.7. The maximum absolute atomic E-state index is 9.33. The Bertz CT molecular complexity index is 509. The van der Waals surface area contributed by atoms with Crippen molar-refractivity contribution in [2.75, 3.05) is 11.9 Å². The molecule has 2 bridgehead atoms. The number of benzene rings is 1. The molecule has 0 aliphatic carbocycles. The molecule has 2 aliphatic heterocycles. The Morgan fingerprint density at radius 2 is 2.00 bits per heavy atom. The molecule has 3 rings (SSSR count). The standard InChI is InChI=1S/C15H18BrN3/c1-18-12-7-13-4-5-14(8-12)19(13)15-6-11(16)3-2-10(15)9-17/h2-3,6,12-14,18H,4-5,7-8H2,1H3. The lowest BCUT2D eigenvalue weighted by molar-refractivity contribution is 0.373. The highest BCUT2D eigenvalue weighted by Crippen LogP contribution is 2.41. The summed E-state index contributed by atoms with van der Waals surface area (Å²) in [7, 11) is 2.06. The van der Waals surface area contributed by atoms with Gasteiger partial charge >= 0.3 is 0 Å². The van der Waals surface area contributed by atoms with Crippen molar-refractivity contribution >= 4 is 21.6 Å². The zero-order chi connectivity index (χ0) is 13.4. The predicted octanol–water partition coefficient (Wildman–Crippen LogP) is 3.04. The molecule has 0 spiro atoms. The fourth-order valence-corrected chi connectivity index (χ4v) is 3.97. The van der Waals surface area contributed by atoms with Gasteiger partial charge in [-0.2, -0.15) is 5.26 Å². The smallest absolute Gasteiger partial charge is 0.101 e. The van der Waals surface area contributed by atoms with E-state index in [2.05, 4.69) is 45.3 Å². The summed E-state index contributed by atoms with van der Waals surface area (Å²) >= 11 is 3.53. The first-order valence-corrected chi connectivity index (χ1v) is 7.67. The maximum Gasteiger partial charge on any atom is 0.101 e. The van der Waals surface area contributed by atoms with E-state index in [0.717, 1.165) is 15.7 Å². The van der Waals surface area contributed by atoms with Gasteiger partial charge in [-0.25, -0.2) is 0 Å². The normalized spacial score (nSPS) is 29.3. The Hall–Kier alpha value is -1.05. The summed E-state index contributed by atoms with van der Waals surface area (Å²) in [4.78, 5) is 2.50. The Labute approximate surface area is 122 Å². The van der Waals surface area contributed by atoms with Crippen LogP contribution in [-0.4, -0.2) is 25.2 Å². The summed E-state index contributed by atoms with van der Waals surface area (Å²) in [5.74, 6) is 0. The van der Waals surface area contributed by atoms with Gasteiger partial charge in [0, 0.05) is 22.6 Å². The molecule has 0 amide bonds. The van der Waals surface area contributed by atoms with Gasteiger partial charge in [0.1, 0.15) is 6.07 Å². The number of nitrogens with one attached hydrogen (secondary N) is 1. The molecule has 2 unspecified atom stereocenters. The quantitative estimate of drug-likeness (QED) is 0.910. The lowest BCUT2D eigenvalue weighted by atomic mass is 9.96. The van der Waals surface area contributed by atoms with E-state index in [9.17, 15) is 5.26 Å². The monoisotopic (exact) mass is 319 g/mol. The lowest BCUT2D eigenvalue weighted by Crippen LogP contribution is -2.48. The lowest BCUT2D eigenvalue weighted by Gasteiger charge is -2.41. The second-order valence-corrected chi connectivity index (χ2v) is 6.44. The van der Waals surface area contributed by atoms with Crippen LogP contribution in [-0.2, 0) is 0 Å². The molecule has 0 saturated carbocycles. The van der Waals surface area contributed by atoms with Gasteiger partial charge in [0.25, 0.3) is 0 Å². The number of piperidine rings is 1. The van der Waals surface area contributed by atoms with Crippen LogP contribution in [0.5, 0.6) is 0 Å². The van der Waals surface area contributed by atoms with Crippen molar-refractivity contribution in [2.24, 2.45) is 0 Å². The zero-order valence-corrected chi connectivity index (χ0v) is 12.7. The Kier molecular flexibility index (Phi) is 3.51. The molecule has 4 heteroatoms. The van der Waals surface area contributed by atoms with E-state index in [1.807, 2.05) is 12.1 Å². The fourth-order valence-electron chi connectivity index (χ4n) is 3.62. The van der Waals surface area contributed by atoms with Crippen LogP contribution in [0.2, 0.25) is 0 Å². The van der Waals surface area contributed by atoms with Gasteiger partial charge in [-0.1, -0.05) is 15.9 Å². The molecule has 100 valence electrons. The van der Waals surface area contributed by atoms with E-state index in [1.54, 1.807) is 0 Å². The van der Waals surface area contributed by atoms with Crippen molar-refractivity contribution in [1.29, 1.82) is 5.26 Å². The van der Waals surface area contributed by atoms with Crippen LogP contribution in [0.25, 0.3) is 0 Å². The van der Waals surface area contributed by atoms with E-state index in [0.29, 0.717) is 18.1 Å². The van der Waals surface area contributed by atoms with Crippen molar-refractivity contribution in [2.45, 2.75) is 43.8 Å². The Morgan fingerprint density at radius 1 is 1.32 bits per heavy atom. The topological polar surface area (TPSA) is 39.1 Å². The average molecular weight is 320 g/mol. The average Bonchev–Trinajstić information content (AvgIpc) is 2.68. The molecule has 1 aromatic carbocycles. The first kappa shape index (κ1) is 13.0. The predicted molar refractivity (Wildman–Crippen MR) is 80.2 cm³/mol. The minimum Gasteiger partial charge on any atom is -0.364 e. The van der Waals surface area contributed by atoms with E-state index in [-0.39, 0.29) is 0 Å². The number of rotatable bonds is 2. The number of hydrogen-bond acceptors (Lipinski definition) is 3. The molecule has 2 aliphatic rings. The largest absolute Gasteiger partial charge is 0.364 e. The van der Waals surface area contributed by atoms with Crippen molar-refractivity contribution in [3.8, 4) is 6.07 Å². The summed E-state index contributed by atoms with van der Waals surface area (Å²) in [6.07, 6.45) is 4.87. The third kappa shape index (κ3) is 2.26. The number of halogens is 1. The minimum atomic E-state index is 0.581. The molecular formula is C15H18BrN3. The highest BCUT2D eigenvalue weighted by atomic mass is 79.9. The van der Waals surface area contributed by atoms with E-state index in [1.165, 1.54) is 25.7 Å². The van der Waals surface area contributed by atoms with Gasteiger partial charge < -0.3 is 10.2 Å². The highest BCUT2D eigenvalue weighted by molar-refractivity contribution is 9.10. The molecule has 2 heterocycles. The minimum absolute atomic E-state index is 0.581.